The molecule has 1 heterocycles. The molecule has 0 radical (unpaired) electrons. The lowest BCUT2D eigenvalue weighted by Crippen LogP contribution is -2.30. The number of hydrogen-bond acceptors (Lipinski definition) is 4. The molecule has 1 aliphatic rings. The Morgan fingerprint density at radius 3 is 2.32 bits per heavy atom. The van der Waals surface area contributed by atoms with Crippen LogP contribution in [0.3, 0.4) is 0 Å². The molecule has 31 heavy (non-hydrogen) atoms. The molecule has 5 rings (SSSR count). The van der Waals surface area contributed by atoms with Crippen LogP contribution in [0.1, 0.15) is 27.4 Å². The van der Waals surface area contributed by atoms with E-state index in [0.29, 0.717) is 17.1 Å². The van der Waals surface area contributed by atoms with Crippen molar-refractivity contribution in [2.24, 2.45) is 0 Å². The second kappa shape index (κ2) is 7.80. The average molecular weight is 410 g/mol. The fourth-order valence-corrected chi connectivity index (χ4v) is 4.41. The fraction of sp³-hybridized carbons (Fsp3) is 0.148. The molecule has 1 aliphatic heterocycles. The first kappa shape index (κ1) is 19.2. The van der Waals surface area contributed by atoms with Crippen LogP contribution < -0.4 is 14.2 Å². The van der Waals surface area contributed by atoms with Crippen molar-refractivity contribution >= 4 is 16.6 Å². The lowest BCUT2D eigenvalue weighted by Gasteiger charge is -2.20. The van der Waals surface area contributed by atoms with Crippen molar-refractivity contribution in [3.8, 4) is 17.2 Å². The summed E-state index contributed by atoms with van der Waals surface area (Å²) in [6.07, 6.45) is -0.665. The number of benzene rings is 4. The van der Waals surface area contributed by atoms with Gasteiger partial charge < -0.3 is 14.2 Å². The zero-order valence-corrected chi connectivity index (χ0v) is 17.4. The molecule has 2 unspecified atom stereocenters. The number of ether oxygens (including phenoxy) is 3. The van der Waals surface area contributed by atoms with Crippen molar-refractivity contribution in [1.82, 2.24) is 0 Å². The largest absolute Gasteiger partial charge is 0.493 e. The van der Waals surface area contributed by atoms with E-state index in [4.69, 9.17) is 14.2 Å². The SMILES string of the molecule is COc1ccc(C2c3c(ccc4ccccc34)OC2C(=O)c2ccccc2)cc1OC. The first-order chi connectivity index (χ1) is 15.2. The second-order valence-corrected chi connectivity index (χ2v) is 7.56. The van der Waals surface area contributed by atoms with E-state index in [0.717, 1.165) is 27.6 Å². The van der Waals surface area contributed by atoms with Gasteiger partial charge in [-0.3, -0.25) is 4.79 Å². The van der Waals surface area contributed by atoms with Crippen LogP contribution in [-0.4, -0.2) is 26.1 Å². The lowest BCUT2D eigenvalue weighted by molar-refractivity contribution is 0.0806. The standard InChI is InChI=1S/C27H22O4/c1-29-21-14-13-19(16-23(21)30-2)24-25-20-11-7-6-8-17(20)12-15-22(25)31-27(24)26(28)18-9-4-3-5-10-18/h3-16,24,27H,1-2H3. The van der Waals surface area contributed by atoms with E-state index in [1.54, 1.807) is 14.2 Å². The molecule has 4 heteroatoms. The van der Waals surface area contributed by atoms with E-state index in [1.807, 2.05) is 72.8 Å². The summed E-state index contributed by atoms with van der Waals surface area (Å²) < 4.78 is 17.3. The van der Waals surface area contributed by atoms with Crippen molar-refractivity contribution in [1.29, 1.82) is 0 Å². The quantitative estimate of drug-likeness (QED) is 0.400. The minimum atomic E-state index is -0.665. The Kier molecular flexibility index (Phi) is 4.83. The van der Waals surface area contributed by atoms with Crippen LogP contribution in [0.5, 0.6) is 17.2 Å². The molecule has 0 N–H and O–H groups in total. The Hall–Kier alpha value is -3.79. The van der Waals surface area contributed by atoms with Crippen LogP contribution in [0.25, 0.3) is 10.8 Å². The molecule has 0 aromatic heterocycles. The lowest BCUT2D eigenvalue weighted by atomic mass is 9.83. The van der Waals surface area contributed by atoms with Crippen molar-refractivity contribution in [2.75, 3.05) is 14.2 Å². The van der Waals surface area contributed by atoms with Gasteiger partial charge in [0.2, 0.25) is 5.78 Å². The van der Waals surface area contributed by atoms with Crippen LogP contribution in [0.15, 0.2) is 84.9 Å². The van der Waals surface area contributed by atoms with Gasteiger partial charge in [0.05, 0.1) is 20.1 Å². The Bertz CT molecular complexity index is 1260. The normalized spacial score (nSPS) is 17.1. The molecule has 0 spiro atoms. The molecule has 0 amide bonds. The number of carbonyl (C=O) groups excluding carboxylic acids is 1. The van der Waals surface area contributed by atoms with E-state index in [-0.39, 0.29) is 11.7 Å². The summed E-state index contributed by atoms with van der Waals surface area (Å²) in [5.74, 6) is 1.70. The molecule has 2 atom stereocenters. The van der Waals surface area contributed by atoms with Gasteiger partial charge in [0.15, 0.2) is 17.6 Å². The smallest absolute Gasteiger partial charge is 0.204 e. The molecule has 0 bridgehead atoms. The van der Waals surface area contributed by atoms with Gasteiger partial charge in [-0.25, -0.2) is 0 Å². The maximum atomic E-state index is 13.5. The third-order valence-electron chi connectivity index (χ3n) is 5.88. The predicted molar refractivity (Wildman–Crippen MR) is 121 cm³/mol. The molecule has 4 aromatic rings. The van der Waals surface area contributed by atoms with Crippen LogP contribution in [0.4, 0.5) is 0 Å². The minimum Gasteiger partial charge on any atom is -0.493 e. The number of rotatable bonds is 5. The summed E-state index contributed by atoms with van der Waals surface area (Å²) >= 11 is 0. The van der Waals surface area contributed by atoms with Gasteiger partial charge >= 0.3 is 0 Å². The Morgan fingerprint density at radius 2 is 1.55 bits per heavy atom. The Labute approximate surface area is 181 Å². The number of hydrogen-bond donors (Lipinski definition) is 0. The highest BCUT2D eigenvalue weighted by molar-refractivity contribution is 6.02. The summed E-state index contributed by atoms with van der Waals surface area (Å²) in [6, 6.07) is 27.3. The molecular weight excluding hydrogens is 388 g/mol. The van der Waals surface area contributed by atoms with Gasteiger partial charge in [-0.1, -0.05) is 66.7 Å². The maximum Gasteiger partial charge on any atom is 0.204 e. The van der Waals surface area contributed by atoms with Crippen molar-refractivity contribution in [3.63, 3.8) is 0 Å². The van der Waals surface area contributed by atoms with Gasteiger partial charge in [0, 0.05) is 11.1 Å². The van der Waals surface area contributed by atoms with Gasteiger partial charge in [-0.15, -0.1) is 0 Å². The number of ketones is 1. The van der Waals surface area contributed by atoms with Crippen LogP contribution in [0, 0.1) is 0 Å². The highest BCUT2D eigenvalue weighted by Crippen LogP contribution is 2.48. The molecule has 0 saturated heterocycles. The molecule has 0 saturated carbocycles. The molecule has 4 aromatic carbocycles. The third-order valence-corrected chi connectivity index (χ3v) is 5.88. The zero-order chi connectivity index (χ0) is 21.4. The molecule has 4 nitrogen and oxygen atoms in total. The average Bonchev–Trinajstić information content (AvgIpc) is 3.23. The molecule has 154 valence electrons. The van der Waals surface area contributed by atoms with Crippen molar-refractivity contribution < 1.29 is 19.0 Å². The van der Waals surface area contributed by atoms with E-state index in [2.05, 4.69) is 12.1 Å². The van der Waals surface area contributed by atoms with Gasteiger partial charge in [0.25, 0.3) is 0 Å². The minimum absolute atomic E-state index is 0.0410. The fourth-order valence-electron chi connectivity index (χ4n) is 4.41. The van der Waals surface area contributed by atoms with E-state index in [9.17, 15) is 4.79 Å². The summed E-state index contributed by atoms with van der Waals surface area (Å²) in [5.41, 5.74) is 2.61. The molecular formula is C27H22O4. The zero-order valence-electron chi connectivity index (χ0n) is 17.4. The third kappa shape index (κ3) is 3.21. The molecule has 0 aliphatic carbocycles. The Morgan fingerprint density at radius 1 is 0.806 bits per heavy atom. The van der Waals surface area contributed by atoms with Gasteiger partial charge in [0.1, 0.15) is 5.75 Å². The highest BCUT2D eigenvalue weighted by atomic mass is 16.5. The number of Topliss-reactive ketones (excluding diaryl/α,β-unsaturated/α-hetero) is 1. The summed E-state index contributed by atoms with van der Waals surface area (Å²) in [5, 5.41) is 2.20. The van der Waals surface area contributed by atoms with Gasteiger partial charge in [-0.2, -0.15) is 0 Å². The van der Waals surface area contributed by atoms with Gasteiger partial charge in [-0.05, 0) is 34.5 Å². The highest BCUT2D eigenvalue weighted by Gasteiger charge is 2.42. The van der Waals surface area contributed by atoms with E-state index < -0.39 is 6.10 Å². The van der Waals surface area contributed by atoms with E-state index in [1.165, 1.54) is 0 Å². The molecule has 0 fully saturated rings. The maximum absolute atomic E-state index is 13.5. The first-order valence-electron chi connectivity index (χ1n) is 10.2. The van der Waals surface area contributed by atoms with Crippen LogP contribution >= 0.6 is 0 Å². The second-order valence-electron chi connectivity index (χ2n) is 7.56. The van der Waals surface area contributed by atoms with Crippen molar-refractivity contribution in [2.45, 2.75) is 12.0 Å². The Balaban J connectivity index is 1.71. The summed E-state index contributed by atoms with van der Waals surface area (Å²) in [6.45, 7) is 0. The number of carbonyl (C=O) groups is 1. The van der Waals surface area contributed by atoms with Crippen LogP contribution in [-0.2, 0) is 0 Å². The van der Waals surface area contributed by atoms with E-state index >= 15 is 0 Å². The monoisotopic (exact) mass is 410 g/mol. The topological polar surface area (TPSA) is 44.8 Å². The van der Waals surface area contributed by atoms with Crippen LogP contribution in [0.2, 0.25) is 0 Å². The first-order valence-corrected chi connectivity index (χ1v) is 10.2. The predicted octanol–water partition coefficient (Wildman–Crippen LogP) is 5.63. The number of methoxy groups -OCH3 is 2. The van der Waals surface area contributed by atoms with Crippen molar-refractivity contribution in [3.05, 3.63) is 102 Å². The summed E-state index contributed by atoms with van der Waals surface area (Å²) in [4.78, 5) is 13.5. The summed E-state index contributed by atoms with van der Waals surface area (Å²) in [7, 11) is 3.23. The number of fused-ring (bicyclic) bond motifs is 3.